The highest BCUT2D eigenvalue weighted by atomic mass is 35.5. The lowest BCUT2D eigenvalue weighted by Gasteiger charge is -1.96. The van der Waals surface area contributed by atoms with Gasteiger partial charge in [-0.1, -0.05) is 23.7 Å². The first-order valence-electron chi connectivity index (χ1n) is 5.80. The highest BCUT2D eigenvalue weighted by Crippen LogP contribution is 2.32. The minimum absolute atomic E-state index is 0.316. The molecule has 102 valence electrons. The van der Waals surface area contributed by atoms with Crippen LogP contribution in [0.2, 0.25) is 5.02 Å². The number of hydrogen-bond donors (Lipinski definition) is 0. The summed E-state index contributed by atoms with van der Waals surface area (Å²) in [7, 11) is -3.19. The van der Waals surface area contributed by atoms with Crippen molar-refractivity contribution in [1.29, 1.82) is 0 Å². The lowest BCUT2D eigenvalue weighted by atomic mass is 10.2. The van der Waals surface area contributed by atoms with E-state index in [2.05, 4.69) is 4.98 Å². The van der Waals surface area contributed by atoms with Crippen LogP contribution in [0.25, 0.3) is 20.8 Å². The van der Waals surface area contributed by atoms with Gasteiger partial charge in [0.1, 0.15) is 5.01 Å². The monoisotopic (exact) mass is 323 g/mol. The molecule has 0 spiro atoms. The summed E-state index contributed by atoms with van der Waals surface area (Å²) in [6.45, 7) is 0. The molecule has 6 heteroatoms. The maximum Gasteiger partial charge on any atom is 0.175 e. The summed E-state index contributed by atoms with van der Waals surface area (Å²) >= 11 is 7.33. The lowest BCUT2D eigenvalue weighted by molar-refractivity contribution is 0.602. The zero-order valence-electron chi connectivity index (χ0n) is 10.5. The van der Waals surface area contributed by atoms with Gasteiger partial charge in [-0.05, 0) is 30.3 Å². The maximum atomic E-state index is 11.6. The minimum Gasteiger partial charge on any atom is -0.236 e. The number of rotatable bonds is 2. The molecule has 3 nitrogen and oxygen atoms in total. The van der Waals surface area contributed by atoms with E-state index in [0.29, 0.717) is 9.92 Å². The number of aromatic nitrogens is 1. The molecule has 3 rings (SSSR count). The molecule has 0 bridgehead atoms. The summed E-state index contributed by atoms with van der Waals surface area (Å²) in [4.78, 5) is 4.83. The van der Waals surface area contributed by atoms with Crippen LogP contribution in [0.5, 0.6) is 0 Å². The molecular formula is C14H10ClNO2S2. The Kier molecular flexibility index (Phi) is 3.28. The largest absolute Gasteiger partial charge is 0.236 e. The highest BCUT2D eigenvalue weighted by Gasteiger charge is 2.11. The predicted molar refractivity (Wildman–Crippen MR) is 83.2 cm³/mol. The van der Waals surface area contributed by atoms with Gasteiger partial charge in [0.25, 0.3) is 0 Å². The average Bonchev–Trinajstić information content (AvgIpc) is 2.81. The third-order valence-corrected chi connectivity index (χ3v) is 5.31. The van der Waals surface area contributed by atoms with Crippen LogP contribution in [-0.4, -0.2) is 19.7 Å². The summed E-state index contributed by atoms with van der Waals surface area (Å²) in [5.74, 6) is 0. The van der Waals surface area contributed by atoms with Gasteiger partial charge >= 0.3 is 0 Å². The molecular weight excluding hydrogens is 314 g/mol. The third kappa shape index (κ3) is 2.57. The molecule has 0 radical (unpaired) electrons. The molecule has 1 aromatic heterocycles. The van der Waals surface area contributed by atoms with Gasteiger partial charge in [-0.3, -0.25) is 0 Å². The van der Waals surface area contributed by atoms with Crippen LogP contribution in [0.3, 0.4) is 0 Å². The third-order valence-electron chi connectivity index (χ3n) is 2.88. The minimum atomic E-state index is -3.19. The second kappa shape index (κ2) is 4.84. The molecule has 0 saturated heterocycles. The van der Waals surface area contributed by atoms with E-state index < -0.39 is 9.84 Å². The van der Waals surface area contributed by atoms with Crippen molar-refractivity contribution in [2.45, 2.75) is 4.90 Å². The Hall–Kier alpha value is -1.43. The summed E-state index contributed by atoms with van der Waals surface area (Å²) in [6, 6.07) is 12.4. The van der Waals surface area contributed by atoms with E-state index >= 15 is 0 Å². The molecule has 0 aliphatic carbocycles. The molecule has 0 fully saturated rings. The fraction of sp³-hybridized carbons (Fsp3) is 0.0714. The number of nitrogens with zero attached hydrogens (tertiary/aromatic N) is 1. The Balaban J connectivity index is 2.13. The van der Waals surface area contributed by atoms with E-state index in [9.17, 15) is 8.42 Å². The van der Waals surface area contributed by atoms with E-state index in [1.807, 2.05) is 24.3 Å². The fourth-order valence-electron chi connectivity index (χ4n) is 1.85. The molecule has 20 heavy (non-hydrogen) atoms. The second-order valence-corrected chi connectivity index (χ2v) is 7.91. The Morgan fingerprint density at radius 2 is 1.80 bits per heavy atom. The summed E-state index contributed by atoms with van der Waals surface area (Å²) in [5, 5.41) is 1.52. The lowest BCUT2D eigenvalue weighted by Crippen LogP contribution is -1.95. The molecule has 0 unspecified atom stereocenters. The van der Waals surface area contributed by atoms with Crippen LogP contribution in [0.4, 0.5) is 0 Å². The van der Waals surface area contributed by atoms with E-state index in [4.69, 9.17) is 11.6 Å². The van der Waals surface area contributed by atoms with Crippen molar-refractivity contribution in [3.63, 3.8) is 0 Å². The van der Waals surface area contributed by atoms with E-state index in [1.54, 1.807) is 18.2 Å². The Bertz CT molecular complexity index is 883. The maximum absolute atomic E-state index is 11.6. The van der Waals surface area contributed by atoms with Gasteiger partial charge in [-0.2, -0.15) is 0 Å². The van der Waals surface area contributed by atoms with E-state index in [-0.39, 0.29) is 0 Å². The second-order valence-electron chi connectivity index (χ2n) is 4.43. The van der Waals surface area contributed by atoms with Crippen molar-refractivity contribution >= 4 is 43.0 Å². The van der Waals surface area contributed by atoms with Gasteiger partial charge < -0.3 is 0 Å². The van der Waals surface area contributed by atoms with Crippen molar-refractivity contribution in [3.8, 4) is 10.6 Å². The number of hydrogen-bond acceptors (Lipinski definition) is 4. The van der Waals surface area contributed by atoms with Crippen molar-refractivity contribution < 1.29 is 8.42 Å². The normalized spacial score (nSPS) is 11.9. The molecule has 0 N–H and O–H groups in total. The van der Waals surface area contributed by atoms with Crippen LogP contribution < -0.4 is 0 Å². The number of fused-ring (bicyclic) bond motifs is 1. The van der Waals surface area contributed by atoms with Crippen molar-refractivity contribution in [1.82, 2.24) is 4.98 Å². The van der Waals surface area contributed by atoms with Gasteiger partial charge in [0, 0.05) is 16.8 Å². The number of sulfone groups is 1. The van der Waals surface area contributed by atoms with Gasteiger partial charge in [0.05, 0.1) is 15.1 Å². The SMILES string of the molecule is CS(=O)(=O)c1ccc2nc(-c3ccc(Cl)cc3)sc2c1. The first-order valence-corrected chi connectivity index (χ1v) is 8.89. The van der Waals surface area contributed by atoms with Crippen LogP contribution in [-0.2, 0) is 9.84 Å². The van der Waals surface area contributed by atoms with Crippen molar-refractivity contribution in [3.05, 3.63) is 47.5 Å². The molecule has 0 amide bonds. The Morgan fingerprint density at radius 3 is 2.45 bits per heavy atom. The highest BCUT2D eigenvalue weighted by molar-refractivity contribution is 7.90. The molecule has 0 aliphatic heterocycles. The van der Waals surface area contributed by atoms with Gasteiger partial charge in [0.15, 0.2) is 9.84 Å². The average molecular weight is 324 g/mol. The summed E-state index contributed by atoms with van der Waals surface area (Å²) in [5.41, 5.74) is 1.77. The van der Waals surface area contributed by atoms with Crippen LogP contribution in [0, 0.1) is 0 Å². The first-order chi connectivity index (χ1) is 9.43. The van der Waals surface area contributed by atoms with Crippen molar-refractivity contribution in [2.75, 3.05) is 6.26 Å². The molecule has 2 aromatic carbocycles. The Morgan fingerprint density at radius 1 is 1.10 bits per heavy atom. The molecule has 1 heterocycles. The van der Waals surface area contributed by atoms with Gasteiger partial charge in [-0.15, -0.1) is 11.3 Å². The molecule has 0 atom stereocenters. The zero-order valence-corrected chi connectivity index (χ0v) is 12.9. The number of halogens is 1. The van der Waals surface area contributed by atoms with Crippen LogP contribution in [0.15, 0.2) is 47.4 Å². The topological polar surface area (TPSA) is 47.0 Å². The van der Waals surface area contributed by atoms with E-state index in [0.717, 1.165) is 20.8 Å². The fourth-order valence-corrected chi connectivity index (χ4v) is 3.71. The standard InChI is InChI=1S/C14H10ClNO2S2/c1-20(17,18)11-6-7-12-13(8-11)19-14(16-12)9-2-4-10(15)5-3-9/h2-8H,1H3. The molecule has 0 saturated carbocycles. The van der Waals surface area contributed by atoms with Crippen molar-refractivity contribution in [2.24, 2.45) is 0 Å². The zero-order chi connectivity index (χ0) is 14.3. The smallest absolute Gasteiger partial charge is 0.175 e. The van der Waals surface area contributed by atoms with E-state index in [1.165, 1.54) is 17.6 Å². The van der Waals surface area contributed by atoms with Gasteiger partial charge in [0.2, 0.25) is 0 Å². The predicted octanol–water partition coefficient (Wildman–Crippen LogP) is 4.02. The van der Waals surface area contributed by atoms with Crippen LogP contribution in [0.1, 0.15) is 0 Å². The first kappa shape index (κ1) is 13.5. The number of thiazole rings is 1. The number of benzene rings is 2. The molecule has 0 aliphatic rings. The Labute approximate surface area is 125 Å². The summed E-state index contributed by atoms with van der Waals surface area (Å²) < 4.78 is 24.0. The van der Waals surface area contributed by atoms with Gasteiger partial charge in [-0.25, -0.2) is 13.4 Å². The quantitative estimate of drug-likeness (QED) is 0.715. The van der Waals surface area contributed by atoms with Crippen LogP contribution >= 0.6 is 22.9 Å². The summed E-state index contributed by atoms with van der Waals surface area (Å²) in [6.07, 6.45) is 1.20. The molecule has 3 aromatic rings.